The summed E-state index contributed by atoms with van der Waals surface area (Å²) in [5.41, 5.74) is -0.118. The lowest BCUT2D eigenvalue weighted by molar-refractivity contribution is -0.148. The van der Waals surface area contributed by atoms with Gasteiger partial charge < -0.3 is 14.2 Å². The molecular formula is C24H30N2O10S2. The van der Waals surface area contributed by atoms with Crippen LogP contribution in [0.1, 0.15) is 26.2 Å². The maximum Gasteiger partial charge on any atom is 0.307 e. The number of hydrogen-bond acceptors (Lipinski definition) is 10. The fraction of sp³-hybridized carbons (Fsp3) is 0.417. The minimum absolute atomic E-state index is 0.0356. The molecule has 3 rings (SSSR count). The number of benzene rings is 2. The predicted octanol–water partition coefficient (Wildman–Crippen LogP) is 1.88. The van der Waals surface area contributed by atoms with Crippen LogP contribution in [0, 0.1) is 0 Å². The normalized spacial score (nSPS) is 15.6. The van der Waals surface area contributed by atoms with E-state index in [4.69, 9.17) is 14.2 Å². The summed E-state index contributed by atoms with van der Waals surface area (Å²) < 4.78 is 67.7. The van der Waals surface area contributed by atoms with Crippen molar-refractivity contribution in [3.8, 4) is 11.5 Å². The van der Waals surface area contributed by atoms with Crippen molar-refractivity contribution in [1.82, 2.24) is 9.79 Å². The molecular weight excluding hydrogens is 540 g/mol. The first kappa shape index (κ1) is 29.5. The van der Waals surface area contributed by atoms with Gasteiger partial charge in [0.15, 0.2) is 9.84 Å². The molecule has 1 heterocycles. The zero-order chi connectivity index (χ0) is 28.0. The molecule has 0 spiro atoms. The van der Waals surface area contributed by atoms with Crippen molar-refractivity contribution in [3.63, 3.8) is 0 Å². The molecule has 1 amide bonds. The summed E-state index contributed by atoms with van der Waals surface area (Å²) in [5, 5.41) is 9.43. The van der Waals surface area contributed by atoms with Crippen LogP contribution in [0.15, 0.2) is 58.3 Å². The first-order valence-corrected chi connectivity index (χ1v) is 15.1. The van der Waals surface area contributed by atoms with Gasteiger partial charge in [0, 0.05) is 26.0 Å². The molecule has 38 heavy (non-hydrogen) atoms. The van der Waals surface area contributed by atoms with Crippen molar-refractivity contribution in [1.29, 1.82) is 0 Å². The van der Waals surface area contributed by atoms with Gasteiger partial charge in [-0.05, 0) is 68.3 Å². The Hall–Kier alpha value is -3.04. The van der Waals surface area contributed by atoms with E-state index in [1.165, 1.54) is 48.5 Å². The number of hydroxylamine groups is 1. The topological polar surface area (TPSA) is 166 Å². The molecule has 12 nitrogen and oxygen atoms in total. The lowest BCUT2D eigenvalue weighted by Gasteiger charge is -2.43. The molecule has 0 aliphatic carbocycles. The molecule has 0 aromatic heterocycles. The molecule has 0 bridgehead atoms. The van der Waals surface area contributed by atoms with Crippen LogP contribution in [0.4, 0.5) is 0 Å². The van der Waals surface area contributed by atoms with E-state index in [1.54, 1.807) is 12.4 Å². The number of rotatable bonds is 11. The molecule has 1 aliphatic rings. The molecule has 14 heteroatoms. The van der Waals surface area contributed by atoms with Gasteiger partial charge in [-0.2, -0.15) is 4.31 Å². The Morgan fingerprint density at radius 3 is 1.97 bits per heavy atom. The molecule has 0 atom stereocenters. The zero-order valence-electron chi connectivity index (χ0n) is 21.0. The average molecular weight is 571 g/mol. The van der Waals surface area contributed by atoms with Crippen molar-refractivity contribution >= 4 is 31.7 Å². The average Bonchev–Trinajstić information content (AvgIpc) is 2.89. The maximum absolute atomic E-state index is 13.8. The highest BCUT2D eigenvalue weighted by atomic mass is 32.2. The van der Waals surface area contributed by atoms with Crippen molar-refractivity contribution in [3.05, 3.63) is 48.5 Å². The number of nitrogens with one attached hydrogen (secondary N) is 1. The standard InChI is InChI=1S/C24H30N2O10S2/c1-3-35-22(27)12-15-26(24(23(28)25-29)13-16-34-17-14-24)38(32,33)21-10-6-19(7-11-21)36-18-4-8-20(9-5-18)37(2,30)31/h4-11,29H,3,12-17H2,1-2H3,(H,25,28). The largest absolute Gasteiger partial charge is 0.466 e. The van der Waals surface area contributed by atoms with E-state index in [2.05, 4.69) is 0 Å². The molecule has 2 N–H and O–H groups in total. The number of ether oxygens (including phenoxy) is 3. The van der Waals surface area contributed by atoms with Crippen molar-refractivity contribution in [2.24, 2.45) is 0 Å². The number of carbonyl (C=O) groups excluding carboxylic acids is 2. The Kier molecular flexibility index (Phi) is 9.49. The van der Waals surface area contributed by atoms with Gasteiger partial charge in [-0.3, -0.25) is 14.8 Å². The number of sulfone groups is 1. The summed E-state index contributed by atoms with van der Waals surface area (Å²) in [5.74, 6) is -0.941. The highest BCUT2D eigenvalue weighted by molar-refractivity contribution is 7.90. The first-order valence-electron chi connectivity index (χ1n) is 11.7. The lowest BCUT2D eigenvalue weighted by atomic mass is 9.89. The van der Waals surface area contributed by atoms with Crippen LogP contribution in [0.3, 0.4) is 0 Å². The molecule has 1 fully saturated rings. The molecule has 0 unspecified atom stereocenters. The third-order valence-electron chi connectivity index (χ3n) is 6.05. The van der Waals surface area contributed by atoms with Gasteiger partial charge in [-0.15, -0.1) is 0 Å². The van der Waals surface area contributed by atoms with E-state index in [0.717, 1.165) is 10.6 Å². The van der Waals surface area contributed by atoms with E-state index >= 15 is 0 Å². The van der Waals surface area contributed by atoms with E-state index in [1.807, 2.05) is 0 Å². The Balaban J connectivity index is 1.91. The van der Waals surface area contributed by atoms with E-state index in [9.17, 15) is 31.6 Å². The SMILES string of the molecule is CCOC(=O)CCN(C1(C(=O)NO)CCOCC1)S(=O)(=O)c1ccc(Oc2ccc(S(C)(=O)=O)cc2)cc1. The fourth-order valence-electron chi connectivity index (χ4n) is 4.09. The second kappa shape index (κ2) is 12.2. The Morgan fingerprint density at radius 1 is 0.974 bits per heavy atom. The van der Waals surface area contributed by atoms with Gasteiger partial charge in [-0.1, -0.05) is 0 Å². The molecule has 1 aliphatic heterocycles. The van der Waals surface area contributed by atoms with Gasteiger partial charge in [0.25, 0.3) is 5.91 Å². The first-order chi connectivity index (χ1) is 17.9. The second-order valence-corrected chi connectivity index (χ2v) is 12.4. The predicted molar refractivity (Wildman–Crippen MR) is 134 cm³/mol. The summed E-state index contributed by atoms with van der Waals surface area (Å²) in [7, 11) is -7.73. The van der Waals surface area contributed by atoms with Crippen molar-refractivity contribution < 1.29 is 45.8 Å². The molecule has 2 aromatic carbocycles. The number of amides is 1. The molecule has 208 valence electrons. The van der Waals surface area contributed by atoms with Crippen LogP contribution in [-0.4, -0.2) is 76.4 Å². The summed E-state index contributed by atoms with van der Waals surface area (Å²) >= 11 is 0. The van der Waals surface area contributed by atoms with Gasteiger partial charge in [0.2, 0.25) is 10.0 Å². The second-order valence-electron chi connectivity index (χ2n) is 8.53. The van der Waals surface area contributed by atoms with Crippen LogP contribution >= 0.6 is 0 Å². The summed E-state index contributed by atoms with van der Waals surface area (Å²) in [6.45, 7) is 1.52. The zero-order valence-corrected chi connectivity index (χ0v) is 22.6. The highest BCUT2D eigenvalue weighted by Gasteiger charge is 2.50. The van der Waals surface area contributed by atoms with Gasteiger partial charge in [-0.25, -0.2) is 22.3 Å². The minimum atomic E-state index is -4.36. The smallest absolute Gasteiger partial charge is 0.307 e. The fourth-order valence-corrected chi connectivity index (χ4v) is 6.51. The third-order valence-corrected chi connectivity index (χ3v) is 9.15. The summed E-state index contributed by atoms with van der Waals surface area (Å²) in [6, 6.07) is 11.1. The van der Waals surface area contributed by atoms with Gasteiger partial charge >= 0.3 is 5.97 Å². The number of carbonyl (C=O) groups is 2. The highest BCUT2D eigenvalue weighted by Crippen LogP contribution is 2.35. The maximum atomic E-state index is 13.8. The molecule has 0 radical (unpaired) electrons. The third kappa shape index (κ3) is 6.69. The van der Waals surface area contributed by atoms with Crippen molar-refractivity contribution in [2.45, 2.75) is 41.5 Å². The number of esters is 1. The molecule has 2 aromatic rings. The van der Waals surface area contributed by atoms with Crippen LogP contribution in [0.2, 0.25) is 0 Å². The Bertz CT molecular complexity index is 1340. The number of hydrogen-bond donors (Lipinski definition) is 2. The van der Waals surface area contributed by atoms with Crippen LogP contribution in [0.25, 0.3) is 0 Å². The van der Waals surface area contributed by atoms with Crippen LogP contribution in [0.5, 0.6) is 11.5 Å². The van der Waals surface area contributed by atoms with Crippen LogP contribution in [-0.2, 0) is 38.9 Å². The quantitative estimate of drug-likeness (QED) is 0.231. The van der Waals surface area contributed by atoms with Crippen LogP contribution < -0.4 is 10.2 Å². The molecule has 1 saturated heterocycles. The summed E-state index contributed by atoms with van der Waals surface area (Å²) in [6.07, 6.45) is 0.712. The van der Waals surface area contributed by atoms with Gasteiger partial charge in [0.1, 0.15) is 17.0 Å². The van der Waals surface area contributed by atoms with E-state index < -0.39 is 37.3 Å². The molecule has 0 saturated carbocycles. The number of sulfonamides is 1. The summed E-state index contributed by atoms with van der Waals surface area (Å²) in [4.78, 5) is 24.8. The van der Waals surface area contributed by atoms with E-state index in [-0.39, 0.29) is 61.2 Å². The van der Waals surface area contributed by atoms with E-state index in [0.29, 0.717) is 5.75 Å². The lowest BCUT2D eigenvalue weighted by Crippen LogP contribution is -2.62. The van der Waals surface area contributed by atoms with Gasteiger partial charge in [0.05, 0.1) is 22.8 Å². The Labute approximate surface area is 221 Å². The monoisotopic (exact) mass is 570 g/mol. The van der Waals surface area contributed by atoms with Crippen molar-refractivity contribution in [2.75, 3.05) is 32.6 Å². The Morgan fingerprint density at radius 2 is 1.50 bits per heavy atom. The minimum Gasteiger partial charge on any atom is -0.466 e. The number of nitrogens with zero attached hydrogens (tertiary/aromatic N) is 1.